The topological polar surface area (TPSA) is 106 Å². The van der Waals surface area contributed by atoms with Gasteiger partial charge in [0.1, 0.15) is 12.4 Å². The van der Waals surface area contributed by atoms with Gasteiger partial charge in [0.15, 0.2) is 5.76 Å². The molecular formula is C21H32O7. The van der Waals surface area contributed by atoms with Crippen LogP contribution in [0.5, 0.6) is 5.75 Å². The lowest BCUT2D eigenvalue weighted by molar-refractivity contribution is -0.140. The molecule has 7 heteroatoms. The van der Waals surface area contributed by atoms with E-state index < -0.39 is 12.7 Å². The van der Waals surface area contributed by atoms with Gasteiger partial charge in [-0.1, -0.05) is 32.3 Å². The highest BCUT2D eigenvalue weighted by Gasteiger charge is 2.12. The second kappa shape index (κ2) is 14.0. The summed E-state index contributed by atoms with van der Waals surface area (Å²) in [7, 11) is 1.36. The van der Waals surface area contributed by atoms with E-state index in [0.29, 0.717) is 32.3 Å². The number of aliphatic hydroxyl groups is 2. The highest BCUT2D eigenvalue weighted by Crippen LogP contribution is 2.19. The zero-order valence-corrected chi connectivity index (χ0v) is 16.8. The van der Waals surface area contributed by atoms with E-state index in [1.165, 1.54) is 19.3 Å². The highest BCUT2D eigenvalue weighted by molar-refractivity contribution is 5.68. The van der Waals surface area contributed by atoms with Crippen LogP contribution in [0.25, 0.3) is 6.08 Å². The van der Waals surface area contributed by atoms with Gasteiger partial charge in [0.25, 0.3) is 0 Å². The number of aliphatic hydroxyl groups excluding tert-OH is 2. The van der Waals surface area contributed by atoms with Crippen LogP contribution < -0.4 is 10.2 Å². The summed E-state index contributed by atoms with van der Waals surface area (Å²) >= 11 is 0. The fraction of sp³-hybridized carbons (Fsp3) is 0.619. The molecule has 0 saturated carbocycles. The fourth-order valence-corrected chi connectivity index (χ4v) is 2.60. The maximum absolute atomic E-state index is 12.3. The molecular weight excluding hydrogens is 364 g/mol. The van der Waals surface area contributed by atoms with Crippen LogP contribution in [0.1, 0.15) is 69.8 Å². The molecule has 1 rings (SSSR count). The number of hydrogen-bond donors (Lipinski definition) is 2. The number of carbonyl (C=O) groups excluding carboxylic acids is 1. The van der Waals surface area contributed by atoms with Crippen molar-refractivity contribution >= 4 is 12.0 Å². The second-order valence-corrected chi connectivity index (χ2v) is 6.59. The Morgan fingerprint density at radius 2 is 2.04 bits per heavy atom. The maximum Gasteiger partial charge on any atom is 0.305 e. The largest absolute Gasteiger partial charge is 0.486 e. The number of hydrogen-bond acceptors (Lipinski definition) is 7. The van der Waals surface area contributed by atoms with Crippen molar-refractivity contribution in [2.24, 2.45) is 0 Å². The molecule has 1 heterocycles. The molecule has 158 valence electrons. The summed E-state index contributed by atoms with van der Waals surface area (Å²) < 4.78 is 15.7. The Kier molecular flexibility index (Phi) is 11.9. The molecule has 0 amide bonds. The number of esters is 1. The van der Waals surface area contributed by atoms with Gasteiger partial charge in [0.2, 0.25) is 11.2 Å². The number of carbonyl (C=O) groups is 1. The van der Waals surface area contributed by atoms with E-state index in [1.807, 2.05) is 0 Å². The number of ether oxygens (including phenoxy) is 2. The quantitative estimate of drug-likeness (QED) is 0.367. The first kappa shape index (κ1) is 23.9. The molecule has 0 spiro atoms. The monoisotopic (exact) mass is 396 g/mol. The molecule has 0 fully saturated rings. The maximum atomic E-state index is 12.3. The zero-order valence-electron chi connectivity index (χ0n) is 16.8. The van der Waals surface area contributed by atoms with Gasteiger partial charge in [-0.25, -0.2) is 0 Å². The third-order valence-corrected chi connectivity index (χ3v) is 4.21. The molecule has 7 nitrogen and oxygen atoms in total. The minimum atomic E-state index is -0.638. The summed E-state index contributed by atoms with van der Waals surface area (Å²) in [5, 5.41) is 19.3. The summed E-state index contributed by atoms with van der Waals surface area (Å²) in [6, 6.07) is 1.20. The van der Waals surface area contributed by atoms with E-state index in [-0.39, 0.29) is 28.7 Å². The van der Waals surface area contributed by atoms with E-state index in [4.69, 9.17) is 9.15 Å². The lowest BCUT2D eigenvalue weighted by atomic mass is 10.1. The van der Waals surface area contributed by atoms with Gasteiger partial charge in [-0.3, -0.25) is 9.59 Å². The number of methoxy groups -OCH3 is 1. The normalized spacial score (nSPS) is 12.3. The molecule has 28 heavy (non-hydrogen) atoms. The first-order chi connectivity index (χ1) is 13.5. The highest BCUT2D eigenvalue weighted by atomic mass is 16.5. The minimum Gasteiger partial charge on any atom is -0.486 e. The lowest BCUT2D eigenvalue weighted by Crippen LogP contribution is -2.12. The first-order valence-electron chi connectivity index (χ1n) is 9.85. The second-order valence-electron chi connectivity index (χ2n) is 6.59. The molecule has 1 unspecified atom stereocenters. The molecule has 0 saturated heterocycles. The molecule has 1 atom stereocenters. The van der Waals surface area contributed by atoms with Crippen LogP contribution in [0.4, 0.5) is 0 Å². The third kappa shape index (κ3) is 9.19. The van der Waals surface area contributed by atoms with E-state index in [9.17, 15) is 19.8 Å². The van der Waals surface area contributed by atoms with Gasteiger partial charge in [-0.2, -0.15) is 0 Å². The Bertz CT molecular complexity index is 663. The molecule has 0 aliphatic carbocycles. The number of rotatable bonds is 14. The third-order valence-electron chi connectivity index (χ3n) is 4.21. The van der Waals surface area contributed by atoms with Gasteiger partial charge in [0, 0.05) is 12.5 Å². The van der Waals surface area contributed by atoms with Gasteiger partial charge in [-0.15, -0.1) is 0 Å². The molecule has 0 radical (unpaired) electrons. The van der Waals surface area contributed by atoms with Crippen molar-refractivity contribution in [3.05, 3.63) is 33.9 Å². The van der Waals surface area contributed by atoms with Crippen molar-refractivity contribution in [2.45, 2.75) is 71.0 Å². The Morgan fingerprint density at radius 1 is 1.25 bits per heavy atom. The standard InChI is InChI=1S/C21H32O7/c1-3-4-6-9-16(23)11-12-19-21(18(24)14-17(15-22)28-19)27-13-8-5-7-10-20(25)26-2/h11-12,14,16,22-23H,3-10,13,15H2,1-2H3/b12-11+. The van der Waals surface area contributed by atoms with Crippen molar-refractivity contribution in [3.8, 4) is 5.75 Å². The van der Waals surface area contributed by atoms with Crippen molar-refractivity contribution < 1.29 is 28.9 Å². The Balaban J connectivity index is 2.68. The minimum absolute atomic E-state index is 0.0576. The van der Waals surface area contributed by atoms with Crippen LogP contribution in [-0.2, 0) is 16.1 Å². The Morgan fingerprint density at radius 3 is 2.71 bits per heavy atom. The Hall–Kier alpha value is -2.12. The Labute approximate surface area is 166 Å². The SMILES string of the molecule is CCCCCC(O)/C=C/c1oc(CO)cc(=O)c1OCCCCCC(=O)OC. The van der Waals surface area contributed by atoms with Gasteiger partial charge >= 0.3 is 5.97 Å². The smallest absolute Gasteiger partial charge is 0.305 e. The summed E-state index contributed by atoms with van der Waals surface area (Å²) in [6.07, 6.45) is 8.58. The fourth-order valence-electron chi connectivity index (χ4n) is 2.60. The molecule has 0 bridgehead atoms. The van der Waals surface area contributed by atoms with Crippen LogP contribution in [0.3, 0.4) is 0 Å². The molecule has 0 aliphatic heterocycles. The van der Waals surface area contributed by atoms with E-state index >= 15 is 0 Å². The number of unbranched alkanes of at least 4 members (excludes halogenated alkanes) is 4. The van der Waals surface area contributed by atoms with Crippen LogP contribution in [0.2, 0.25) is 0 Å². The van der Waals surface area contributed by atoms with E-state index in [0.717, 1.165) is 25.7 Å². The van der Waals surface area contributed by atoms with Crippen molar-refractivity contribution in [3.63, 3.8) is 0 Å². The van der Waals surface area contributed by atoms with Gasteiger partial charge in [0.05, 0.1) is 19.8 Å². The van der Waals surface area contributed by atoms with Crippen molar-refractivity contribution in [1.29, 1.82) is 0 Å². The van der Waals surface area contributed by atoms with Crippen LogP contribution in [0.15, 0.2) is 21.4 Å². The molecule has 1 aromatic rings. The van der Waals surface area contributed by atoms with Gasteiger partial charge in [-0.05, 0) is 31.8 Å². The summed E-state index contributed by atoms with van der Waals surface area (Å²) in [5.74, 6) is 0.129. The average molecular weight is 396 g/mol. The van der Waals surface area contributed by atoms with E-state index in [2.05, 4.69) is 11.7 Å². The van der Waals surface area contributed by atoms with Crippen molar-refractivity contribution in [1.82, 2.24) is 0 Å². The molecule has 2 N–H and O–H groups in total. The van der Waals surface area contributed by atoms with Crippen LogP contribution in [0, 0.1) is 0 Å². The summed E-state index contributed by atoms with van der Waals surface area (Å²) in [4.78, 5) is 23.3. The van der Waals surface area contributed by atoms with Crippen LogP contribution >= 0.6 is 0 Å². The molecule has 0 aliphatic rings. The predicted octanol–water partition coefficient (Wildman–Crippen LogP) is 3.20. The summed E-state index contributed by atoms with van der Waals surface area (Å²) in [5.41, 5.74) is -0.384. The van der Waals surface area contributed by atoms with Crippen LogP contribution in [-0.4, -0.2) is 36.0 Å². The average Bonchev–Trinajstić information content (AvgIpc) is 2.69. The lowest BCUT2D eigenvalue weighted by Gasteiger charge is -2.10. The predicted molar refractivity (Wildman–Crippen MR) is 106 cm³/mol. The van der Waals surface area contributed by atoms with E-state index in [1.54, 1.807) is 6.08 Å². The zero-order chi connectivity index (χ0) is 20.8. The van der Waals surface area contributed by atoms with Gasteiger partial charge < -0.3 is 24.1 Å². The first-order valence-corrected chi connectivity index (χ1v) is 9.85. The summed E-state index contributed by atoms with van der Waals surface area (Å²) in [6.45, 7) is 1.99. The molecule has 0 aromatic carbocycles. The van der Waals surface area contributed by atoms with Crippen molar-refractivity contribution in [2.75, 3.05) is 13.7 Å². The molecule has 1 aromatic heterocycles.